The molecular formula is C61H75N14O17S4+. The molecule has 0 fully saturated rings. The highest BCUT2D eigenvalue weighted by Gasteiger charge is 2.32. The molecule has 1 aliphatic heterocycles. The number of fused-ring (bicyclic) bond motifs is 3. The van der Waals surface area contributed by atoms with E-state index in [0.29, 0.717) is 52.3 Å². The summed E-state index contributed by atoms with van der Waals surface area (Å²) in [5, 5.41) is 57.2. The molecule has 0 spiro atoms. The Bertz CT molecular complexity index is 4150. The van der Waals surface area contributed by atoms with Crippen molar-refractivity contribution in [2.45, 2.75) is 107 Å². The number of aromatic amines is 1. The molecule has 0 bridgehead atoms. The number of aromatic nitrogens is 4. The maximum atomic E-state index is 13.9. The van der Waals surface area contributed by atoms with Crippen molar-refractivity contribution in [3.8, 4) is 22.5 Å². The molecule has 3 heterocycles. The Hall–Kier alpha value is -8.94. The number of carboxylic acid groups (broad SMARTS) is 3. The number of benzene rings is 4. The SMILES string of the molecule is CCN(CC)c1ccc2c(-c3ccc(S(=O)(=O)NCCSSCC(NC(=O)C(CCCCN)NC(=O)C(CC(=O)O)NC(=O)CCC(NC(=O)c4ccc(NCc5cnc6nc(N)[nH]c(=O)c6n5)cc4)C(=O)O)C(=O)O)cc3SOOO)c3ccc(=[N+](CC)CC)cc-3oc2c1. The average Bonchev–Trinajstić information content (AvgIpc) is 0.745. The highest BCUT2D eigenvalue weighted by molar-refractivity contribution is 8.76. The molecule has 7 rings (SSSR count). The van der Waals surface area contributed by atoms with E-state index in [-0.39, 0.29) is 76.4 Å². The average molecular weight is 1400 g/mol. The highest BCUT2D eigenvalue weighted by atomic mass is 33.1. The smallest absolute Gasteiger partial charge is 0.327 e. The molecule has 0 radical (unpaired) electrons. The fourth-order valence-corrected chi connectivity index (χ4v) is 14.0. The van der Waals surface area contributed by atoms with E-state index in [4.69, 9.17) is 20.2 Å². The number of carboxylic acids is 3. The summed E-state index contributed by atoms with van der Waals surface area (Å²) in [7, 11) is -2.13. The highest BCUT2D eigenvalue weighted by Crippen LogP contribution is 2.45. The number of sulfonamides is 1. The molecule has 4 amide bonds. The van der Waals surface area contributed by atoms with Gasteiger partial charge in [-0.15, -0.1) is 4.33 Å². The molecule has 15 N–H and O–H groups in total. The number of anilines is 3. The summed E-state index contributed by atoms with van der Waals surface area (Å²) in [5.74, 6) is -8.06. The van der Waals surface area contributed by atoms with E-state index in [1.807, 2.05) is 36.4 Å². The van der Waals surface area contributed by atoms with Gasteiger partial charge in [0.15, 0.2) is 11.2 Å². The Morgan fingerprint density at radius 1 is 0.792 bits per heavy atom. The summed E-state index contributed by atoms with van der Waals surface area (Å²) in [6.45, 7) is 11.4. The number of hydrogen-bond acceptors (Lipinski definition) is 24. The van der Waals surface area contributed by atoms with Crippen molar-refractivity contribution in [1.29, 1.82) is 0 Å². The third-order valence-corrected chi connectivity index (χ3v) is 19.5. The van der Waals surface area contributed by atoms with E-state index in [1.165, 1.54) is 42.6 Å². The van der Waals surface area contributed by atoms with Crippen molar-refractivity contribution < 1.29 is 76.3 Å². The predicted octanol–water partition coefficient (Wildman–Crippen LogP) is 3.98. The molecule has 4 unspecified atom stereocenters. The number of carbonyl (C=O) groups excluding carboxylic acids is 4. The van der Waals surface area contributed by atoms with Crippen molar-refractivity contribution in [1.82, 2.24) is 50.5 Å². The number of nitrogens with one attached hydrogen (secondary N) is 7. The van der Waals surface area contributed by atoms with Crippen molar-refractivity contribution in [3.63, 3.8) is 0 Å². The van der Waals surface area contributed by atoms with Gasteiger partial charge in [0.2, 0.25) is 39.1 Å². The number of unbranched alkanes of at least 4 members (excludes halogenated alkanes) is 1. The fraction of sp³-hybridized carbons (Fsp3) is 0.377. The Balaban J connectivity index is 0.931. The Morgan fingerprint density at radius 2 is 1.50 bits per heavy atom. The lowest BCUT2D eigenvalue weighted by atomic mass is 9.93. The number of H-pyrrole nitrogens is 1. The van der Waals surface area contributed by atoms with Crippen molar-refractivity contribution in [3.05, 3.63) is 112 Å². The van der Waals surface area contributed by atoms with Gasteiger partial charge in [-0.25, -0.2) is 42.5 Å². The van der Waals surface area contributed by atoms with Gasteiger partial charge >= 0.3 is 17.9 Å². The number of nitrogens with zero attached hydrogens (tertiary/aromatic N) is 5. The van der Waals surface area contributed by atoms with Crippen LogP contribution in [0.15, 0.2) is 104 Å². The molecule has 5 aromatic rings. The van der Waals surface area contributed by atoms with E-state index in [1.54, 1.807) is 6.07 Å². The number of amides is 4. The van der Waals surface area contributed by atoms with Crippen LogP contribution in [-0.2, 0) is 54.7 Å². The van der Waals surface area contributed by atoms with E-state index >= 15 is 0 Å². The number of hydrogen-bond donors (Lipinski definition) is 13. The van der Waals surface area contributed by atoms with Gasteiger partial charge in [0.05, 0.1) is 47.9 Å². The zero-order valence-electron chi connectivity index (χ0n) is 52.6. The zero-order valence-corrected chi connectivity index (χ0v) is 55.9. The first-order chi connectivity index (χ1) is 46.0. The first kappa shape index (κ1) is 74.5. The largest absolute Gasteiger partial charge is 0.481 e. The van der Waals surface area contributed by atoms with Crippen molar-refractivity contribution >= 4 is 125 Å². The minimum atomic E-state index is -4.22. The van der Waals surface area contributed by atoms with E-state index in [0.717, 1.165) is 69.8 Å². The van der Waals surface area contributed by atoms with Gasteiger partial charge in [-0.05, 0) is 120 Å². The lowest BCUT2D eigenvalue weighted by Gasteiger charge is -2.24. The molecule has 4 atom stereocenters. The minimum absolute atomic E-state index is 0.0199. The summed E-state index contributed by atoms with van der Waals surface area (Å²) in [6, 6.07) is 15.6. The topological polar surface area (TPSA) is 468 Å². The van der Waals surface area contributed by atoms with Crippen molar-refractivity contribution in [2.24, 2.45) is 5.73 Å². The van der Waals surface area contributed by atoms with Crippen LogP contribution in [0.25, 0.3) is 44.6 Å². The van der Waals surface area contributed by atoms with Crippen LogP contribution >= 0.6 is 33.6 Å². The second-order valence-corrected chi connectivity index (χ2v) is 26.5. The molecule has 0 saturated carbocycles. The number of rotatable bonds is 38. The lowest BCUT2D eigenvalue weighted by molar-refractivity contribution is -0.432. The minimum Gasteiger partial charge on any atom is -0.481 e. The Labute approximate surface area is 562 Å². The number of nitrogens with two attached hydrogens (primary N) is 2. The van der Waals surface area contributed by atoms with E-state index < -0.39 is 101 Å². The molecule has 35 heteroatoms. The lowest BCUT2D eigenvalue weighted by Crippen LogP contribution is -2.56. The number of carbonyl (C=O) groups is 7. The van der Waals surface area contributed by atoms with Gasteiger partial charge in [0.1, 0.15) is 48.6 Å². The van der Waals surface area contributed by atoms with Crippen LogP contribution < -0.4 is 63.2 Å². The van der Waals surface area contributed by atoms with Gasteiger partial charge < -0.3 is 62.7 Å². The van der Waals surface area contributed by atoms with Crippen LogP contribution in [0.3, 0.4) is 0 Å². The first-order valence-electron chi connectivity index (χ1n) is 30.3. The maximum Gasteiger partial charge on any atom is 0.327 e. The van der Waals surface area contributed by atoms with Crippen LogP contribution in [0, 0.1) is 0 Å². The van der Waals surface area contributed by atoms with E-state index in [2.05, 4.69) is 93.5 Å². The van der Waals surface area contributed by atoms with Crippen LogP contribution in [0.2, 0.25) is 0 Å². The van der Waals surface area contributed by atoms with Crippen LogP contribution in [0.4, 0.5) is 17.3 Å². The van der Waals surface area contributed by atoms with Gasteiger partial charge in [0, 0.05) is 88.0 Å². The monoisotopic (exact) mass is 1400 g/mol. The standard InChI is InChI=1S/C61H74N14O17S4/c1-5-74(6-2)37-16-19-40-47(27-37)90-48-28-38(75(7-3)8-4)17-20-41(48)52(40)42-21-18-39(29-49(42)95-92-91-87)96(88,89)66-25-26-93-94-33-46(60(85)86)71-56(80)43(11-9-10-24-62)69-57(81)45(30-51(77)78)68-50(76)23-22-44(59(83)84)70-55(79)34-12-14-35(15-13-34)64-31-36-32-65-54-53(67-36)58(82)73-61(63)72-54/h12-21,27-29,32,43-46,66H,5-11,22-26,30-31,33,62H2,1-4H3,(H11-,63,64,65,68,69,70,71,72,73,76,77,78,79,80,81,82,83,84,85,86,87)/p+1. The van der Waals surface area contributed by atoms with Crippen LogP contribution in [0.1, 0.15) is 82.3 Å². The summed E-state index contributed by atoms with van der Waals surface area (Å²) < 4.78 is 44.0. The van der Waals surface area contributed by atoms with E-state index in [9.17, 15) is 67.4 Å². The summed E-state index contributed by atoms with van der Waals surface area (Å²) in [5.41, 5.74) is 15.1. The normalized spacial score (nSPS) is 12.7. The predicted molar refractivity (Wildman–Crippen MR) is 362 cm³/mol. The second-order valence-electron chi connectivity index (χ2n) is 21.4. The second kappa shape index (κ2) is 35.7. The molecule has 2 aliphatic rings. The van der Waals surface area contributed by atoms with Crippen LogP contribution in [-0.4, -0.2) is 165 Å². The van der Waals surface area contributed by atoms with Gasteiger partial charge in [0.25, 0.3) is 11.5 Å². The Kier molecular flexibility index (Phi) is 27.7. The molecule has 2 aromatic heterocycles. The van der Waals surface area contributed by atoms with Gasteiger partial charge in [-0.2, -0.15) is 4.98 Å². The summed E-state index contributed by atoms with van der Waals surface area (Å²) in [4.78, 5) is 120. The van der Waals surface area contributed by atoms with Gasteiger partial charge in [-0.1, -0.05) is 32.7 Å². The van der Waals surface area contributed by atoms with Gasteiger partial charge in [-0.3, -0.25) is 33.8 Å². The Morgan fingerprint density at radius 3 is 2.18 bits per heavy atom. The molecule has 3 aromatic carbocycles. The van der Waals surface area contributed by atoms with Crippen molar-refractivity contribution in [2.75, 3.05) is 66.7 Å². The quantitative estimate of drug-likeness (QED) is 0.00495. The summed E-state index contributed by atoms with van der Waals surface area (Å²) in [6.07, 6.45) is -0.188. The maximum absolute atomic E-state index is 13.9. The molecule has 1 aliphatic carbocycles. The first-order valence-corrected chi connectivity index (χ1v) is 35.0. The number of nitrogen functional groups attached to an aromatic ring is 1. The third kappa shape index (κ3) is 20.3. The third-order valence-electron chi connectivity index (χ3n) is 15.0. The zero-order chi connectivity index (χ0) is 69.6. The molecule has 0 saturated heterocycles. The van der Waals surface area contributed by atoms with Crippen LogP contribution in [0.5, 0.6) is 0 Å². The fourth-order valence-electron chi connectivity index (χ4n) is 10.1. The molecule has 96 heavy (non-hydrogen) atoms. The molecule has 514 valence electrons. The molecular weight excluding hydrogens is 1330 g/mol. The molecule has 31 nitrogen and oxygen atoms in total. The number of aliphatic carboxylic acids is 3. The summed E-state index contributed by atoms with van der Waals surface area (Å²) >= 11 is 0.590.